The maximum absolute atomic E-state index is 11.7. The Morgan fingerprint density at radius 3 is 2.90 bits per heavy atom. The summed E-state index contributed by atoms with van der Waals surface area (Å²) < 4.78 is 5.23. The monoisotopic (exact) mass is 281 g/mol. The van der Waals surface area contributed by atoms with Gasteiger partial charge < -0.3 is 4.74 Å². The largest absolute Gasteiger partial charge is 0.496 e. The zero-order valence-corrected chi connectivity index (χ0v) is 11.6. The van der Waals surface area contributed by atoms with Crippen LogP contribution in [0.2, 0.25) is 0 Å². The van der Waals surface area contributed by atoms with Crippen molar-refractivity contribution < 1.29 is 9.53 Å². The van der Waals surface area contributed by atoms with Crippen LogP contribution in [0.1, 0.15) is 15.9 Å². The Bertz CT molecular complexity index is 652. The van der Waals surface area contributed by atoms with Crippen LogP contribution in [-0.4, -0.2) is 24.2 Å². The van der Waals surface area contributed by atoms with E-state index in [0.29, 0.717) is 5.56 Å². The standard InChI is InChI=1S/C16H15N3O2/c1-21-15-9-3-2-6-13(15)7-5-11-18-19-16(20)14-8-4-10-17-12-14/h2-12H,1H3,(H,19,20). The lowest BCUT2D eigenvalue weighted by molar-refractivity contribution is 0.0955. The molecule has 0 atom stereocenters. The van der Waals surface area contributed by atoms with Gasteiger partial charge in [0.1, 0.15) is 5.75 Å². The quantitative estimate of drug-likeness (QED) is 0.676. The molecular formula is C16H15N3O2. The van der Waals surface area contributed by atoms with Crippen molar-refractivity contribution in [3.63, 3.8) is 0 Å². The van der Waals surface area contributed by atoms with Gasteiger partial charge in [0.15, 0.2) is 0 Å². The molecule has 2 rings (SSSR count). The number of hydrazone groups is 1. The molecule has 106 valence electrons. The van der Waals surface area contributed by atoms with Crippen LogP contribution < -0.4 is 10.2 Å². The van der Waals surface area contributed by atoms with E-state index in [4.69, 9.17) is 4.74 Å². The molecule has 1 aromatic carbocycles. The van der Waals surface area contributed by atoms with E-state index in [1.165, 1.54) is 12.4 Å². The molecule has 0 saturated heterocycles. The SMILES string of the molecule is COc1ccccc1C=CC=NNC(=O)c1cccnc1. The third kappa shape index (κ3) is 4.28. The number of hydrogen-bond donors (Lipinski definition) is 1. The average molecular weight is 281 g/mol. The summed E-state index contributed by atoms with van der Waals surface area (Å²) in [5.41, 5.74) is 3.82. The number of carbonyl (C=O) groups excluding carboxylic acids is 1. The van der Waals surface area contributed by atoms with Crippen molar-refractivity contribution in [2.75, 3.05) is 7.11 Å². The van der Waals surface area contributed by atoms with Gasteiger partial charge in [0.2, 0.25) is 0 Å². The second-order valence-electron chi connectivity index (χ2n) is 4.06. The molecule has 5 nitrogen and oxygen atoms in total. The lowest BCUT2D eigenvalue weighted by Gasteiger charge is -2.02. The van der Waals surface area contributed by atoms with E-state index in [0.717, 1.165) is 11.3 Å². The van der Waals surface area contributed by atoms with Crippen LogP contribution in [0.3, 0.4) is 0 Å². The van der Waals surface area contributed by atoms with Crippen LogP contribution in [0.4, 0.5) is 0 Å². The number of benzene rings is 1. The van der Waals surface area contributed by atoms with Gasteiger partial charge in [-0.1, -0.05) is 18.2 Å². The molecule has 0 spiro atoms. The molecule has 1 N–H and O–H groups in total. The molecule has 1 aromatic heterocycles. The van der Waals surface area contributed by atoms with Crippen molar-refractivity contribution in [2.45, 2.75) is 0 Å². The molecule has 1 heterocycles. The van der Waals surface area contributed by atoms with Crippen LogP contribution in [0.5, 0.6) is 5.75 Å². The number of aromatic nitrogens is 1. The third-order valence-corrected chi connectivity index (χ3v) is 2.67. The maximum Gasteiger partial charge on any atom is 0.272 e. The first-order chi connectivity index (χ1) is 10.3. The van der Waals surface area contributed by atoms with E-state index in [2.05, 4.69) is 15.5 Å². The molecule has 0 radical (unpaired) electrons. The van der Waals surface area contributed by atoms with Crippen LogP contribution in [-0.2, 0) is 0 Å². The van der Waals surface area contributed by atoms with E-state index in [1.807, 2.05) is 30.3 Å². The summed E-state index contributed by atoms with van der Waals surface area (Å²) in [6.07, 6.45) is 8.16. The van der Waals surface area contributed by atoms with Gasteiger partial charge in [-0.15, -0.1) is 0 Å². The van der Waals surface area contributed by atoms with Gasteiger partial charge in [0.05, 0.1) is 12.7 Å². The zero-order chi connectivity index (χ0) is 14.9. The minimum Gasteiger partial charge on any atom is -0.496 e. The molecular weight excluding hydrogens is 266 g/mol. The summed E-state index contributed by atoms with van der Waals surface area (Å²) in [5, 5.41) is 3.84. The van der Waals surface area contributed by atoms with Crippen LogP contribution in [0, 0.1) is 0 Å². The van der Waals surface area contributed by atoms with Gasteiger partial charge in [0.25, 0.3) is 5.91 Å². The Morgan fingerprint density at radius 1 is 1.29 bits per heavy atom. The Labute approximate surface area is 123 Å². The highest BCUT2D eigenvalue weighted by atomic mass is 16.5. The van der Waals surface area contributed by atoms with Crippen molar-refractivity contribution >= 4 is 18.2 Å². The first-order valence-electron chi connectivity index (χ1n) is 6.34. The number of ether oxygens (including phenoxy) is 1. The molecule has 0 aliphatic heterocycles. The highest BCUT2D eigenvalue weighted by molar-refractivity contribution is 5.94. The fourth-order valence-electron chi connectivity index (χ4n) is 1.65. The third-order valence-electron chi connectivity index (χ3n) is 2.67. The summed E-state index contributed by atoms with van der Waals surface area (Å²) in [6, 6.07) is 11.0. The fraction of sp³-hybridized carbons (Fsp3) is 0.0625. The molecule has 0 unspecified atom stereocenters. The number of amides is 1. The van der Waals surface area contributed by atoms with Crippen molar-refractivity contribution in [2.24, 2.45) is 5.10 Å². The summed E-state index contributed by atoms with van der Waals surface area (Å²) in [7, 11) is 1.62. The molecule has 0 saturated carbocycles. The minimum atomic E-state index is -0.301. The first-order valence-corrected chi connectivity index (χ1v) is 6.34. The number of hydrogen-bond acceptors (Lipinski definition) is 4. The Kier molecular flexibility index (Phi) is 5.23. The number of allylic oxidation sites excluding steroid dienone is 1. The highest BCUT2D eigenvalue weighted by Crippen LogP contribution is 2.18. The number of carbonyl (C=O) groups is 1. The Hall–Kier alpha value is -2.95. The van der Waals surface area contributed by atoms with Gasteiger partial charge in [-0.05, 0) is 30.4 Å². The van der Waals surface area contributed by atoms with Gasteiger partial charge in [-0.3, -0.25) is 9.78 Å². The number of nitrogens with one attached hydrogen (secondary N) is 1. The van der Waals surface area contributed by atoms with E-state index in [9.17, 15) is 4.79 Å². The molecule has 21 heavy (non-hydrogen) atoms. The smallest absolute Gasteiger partial charge is 0.272 e. The van der Waals surface area contributed by atoms with Crippen molar-refractivity contribution in [3.8, 4) is 5.75 Å². The lowest BCUT2D eigenvalue weighted by Crippen LogP contribution is -2.17. The Morgan fingerprint density at radius 2 is 2.14 bits per heavy atom. The van der Waals surface area contributed by atoms with E-state index >= 15 is 0 Å². The molecule has 0 aliphatic carbocycles. The molecule has 5 heteroatoms. The zero-order valence-electron chi connectivity index (χ0n) is 11.6. The number of para-hydroxylation sites is 1. The van der Waals surface area contributed by atoms with Crippen LogP contribution in [0.25, 0.3) is 6.08 Å². The molecule has 1 amide bonds. The summed E-state index contributed by atoms with van der Waals surface area (Å²) in [6.45, 7) is 0. The normalized spacial score (nSPS) is 10.9. The van der Waals surface area contributed by atoms with Crippen molar-refractivity contribution in [1.82, 2.24) is 10.4 Å². The maximum atomic E-state index is 11.7. The van der Waals surface area contributed by atoms with Gasteiger partial charge in [-0.25, -0.2) is 5.43 Å². The molecule has 0 aliphatic rings. The van der Waals surface area contributed by atoms with Crippen molar-refractivity contribution in [3.05, 3.63) is 66.0 Å². The van der Waals surface area contributed by atoms with Crippen LogP contribution >= 0.6 is 0 Å². The number of nitrogens with zero attached hydrogens (tertiary/aromatic N) is 2. The highest BCUT2D eigenvalue weighted by Gasteiger charge is 2.01. The Balaban J connectivity index is 1.91. The van der Waals surface area contributed by atoms with Gasteiger partial charge >= 0.3 is 0 Å². The lowest BCUT2D eigenvalue weighted by atomic mass is 10.2. The predicted octanol–water partition coefficient (Wildman–Crippen LogP) is 2.52. The first kappa shape index (κ1) is 14.5. The van der Waals surface area contributed by atoms with E-state index in [-0.39, 0.29) is 5.91 Å². The van der Waals surface area contributed by atoms with Gasteiger partial charge in [-0.2, -0.15) is 5.10 Å². The van der Waals surface area contributed by atoms with Crippen molar-refractivity contribution in [1.29, 1.82) is 0 Å². The van der Waals surface area contributed by atoms with E-state index < -0.39 is 0 Å². The second-order valence-corrected chi connectivity index (χ2v) is 4.06. The predicted molar refractivity (Wildman–Crippen MR) is 82.2 cm³/mol. The molecule has 0 bridgehead atoms. The van der Waals surface area contributed by atoms with Gasteiger partial charge in [0, 0.05) is 24.2 Å². The molecule has 2 aromatic rings. The minimum absolute atomic E-state index is 0.301. The number of rotatable bonds is 5. The average Bonchev–Trinajstić information content (AvgIpc) is 2.55. The number of methoxy groups -OCH3 is 1. The second kappa shape index (κ2) is 7.59. The van der Waals surface area contributed by atoms with Crippen LogP contribution in [0.15, 0.2) is 60.0 Å². The summed E-state index contributed by atoms with van der Waals surface area (Å²) in [4.78, 5) is 15.5. The summed E-state index contributed by atoms with van der Waals surface area (Å²) in [5.74, 6) is 0.478. The molecule has 0 fully saturated rings. The van der Waals surface area contributed by atoms with E-state index in [1.54, 1.807) is 31.5 Å². The fourth-order valence-corrected chi connectivity index (χ4v) is 1.65. The topological polar surface area (TPSA) is 63.6 Å². The summed E-state index contributed by atoms with van der Waals surface area (Å²) >= 11 is 0. The number of pyridine rings is 1.